The van der Waals surface area contributed by atoms with Crippen LogP contribution in [0.25, 0.3) is 0 Å². The minimum Gasteiger partial charge on any atom is -0.459 e. The molecule has 0 aliphatic carbocycles. The van der Waals surface area contributed by atoms with Crippen molar-refractivity contribution < 1.29 is 17.6 Å². The molecule has 0 aromatic carbocycles. The maximum Gasteiger partial charge on any atom is 0.290 e. The number of carbonyl (C=O) groups excluding carboxylic acids is 1. The maximum atomic E-state index is 12.7. The average molecular weight is 323 g/mol. The van der Waals surface area contributed by atoms with Crippen molar-refractivity contribution in [3.63, 3.8) is 0 Å². The standard InChI is InChI=1S/C14H17N3O4S/c1-10-3-5-21-13(10)14(18)17-4-6-22(19,20)9-12(17)11-7-15-16(2)8-11/h3,5,7-8,12H,4,6,9H2,1-2H3/t12-/m1/s1. The molecule has 0 radical (unpaired) electrons. The van der Waals surface area contributed by atoms with Crippen LogP contribution in [0.2, 0.25) is 0 Å². The van der Waals surface area contributed by atoms with Gasteiger partial charge in [0.15, 0.2) is 15.6 Å². The Labute approximate surface area is 128 Å². The number of hydrogen-bond acceptors (Lipinski definition) is 5. The lowest BCUT2D eigenvalue weighted by atomic mass is 10.1. The fourth-order valence-corrected chi connectivity index (χ4v) is 4.16. The van der Waals surface area contributed by atoms with Gasteiger partial charge in [-0.1, -0.05) is 0 Å². The molecule has 1 amide bonds. The third-order valence-electron chi connectivity index (χ3n) is 3.86. The summed E-state index contributed by atoms with van der Waals surface area (Å²) in [6.07, 6.45) is 4.80. The third kappa shape index (κ3) is 2.66. The number of aromatic nitrogens is 2. The summed E-state index contributed by atoms with van der Waals surface area (Å²) in [7, 11) is -1.42. The van der Waals surface area contributed by atoms with Crippen molar-refractivity contribution in [2.75, 3.05) is 18.1 Å². The van der Waals surface area contributed by atoms with E-state index in [1.165, 1.54) is 6.26 Å². The van der Waals surface area contributed by atoms with E-state index in [2.05, 4.69) is 5.10 Å². The number of hydrogen-bond donors (Lipinski definition) is 0. The highest BCUT2D eigenvalue weighted by atomic mass is 32.2. The van der Waals surface area contributed by atoms with E-state index in [1.807, 2.05) is 0 Å². The zero-order valence-corrected chi connectivity index (χ0v) is 13.2. The van der Waals surface area contributed by atoms with E-state index in [-0.39, 0.29) is 29.7 Å². The van der Waals surface area contributed by atoms with Gasteiger partial charge in [0.05, 0.1) is 30.0 Å². The largest absolute Gasteiger partial charge is 0.459 e. The maximum absolute atomic E-state index is 12.7. The molecule has 7 nitrogen and oxygen atoms in total. The molecule has 1 aliphatic rings. The topological polar surface area (TPSA) is 85.4 Å². The summed E-state index contributed by atoms with van der Waals surface area (Å²) < 4.78 is 30.8. The highest BCUT2D eigenvalue weighted by Gasteiger charge is 2.37. The summed E-state index contributed by atoms with van der Waals surface area (Å²) in [5, 5.41) is 4.07. The fourth-order valence-electron chi connectivity index (χ4n) is 2.66. The van der Waals surface area contributed by atoms with Crippen LogP contribution in [0, 0.1) is 6.92 Å². The highest BCUT2D eigenvalue weighted by Crippen LogP contribution is 2.28. The van der Waals surface area contributed by atoms with Gasteiger partial charge in [-0.15, -0.1) is 0 Å². The number of furan rings is 1. The summed E-state index contributed by atoms with van der Waals surface area (Å²) >= 11 is 0. The summed E-state index contributed by atoms with van der Waals surface area (Å²) in [6, 6.07) is 1.18. The first-order valence-electron chi connectivity index (χ1n) is 6.91. The molecule has 3 rings (SSSR count). The van der Waals surface area contributed by atoms with Crippen LogP contribution in [0.4, 0.5) is 0 Å². The first-order valence-corrected chi connectivity index (χ1v) is 8.73. The lowest BCUT2D eigenvalue weighted by Gasteiger charge is -2.34. The van der Waals surface area contributed by atoms with Gasteiger partial charge in [-0.2, -0.15) is 5.10 Å². The van der Waals surface area contributed by atoms with E-state index in [4.69, 9.17) is 4.42 Å². The van der Waals surface area contributed by atoms with Crippen molar-refractivity contribution >= 4 is 15.7 Å². The molecule has 0 N–H and O–H groups in total. The smallest absolute Gasteiger partial charge is 0.290 e. The third-order valence-corrected chi connectivity index (χ3v) is 5.49. The number of carbonyl (C=O) groups is 1. The minimum atomic E-state index is -3.18. The molecule has 8 heteroatoms. The second-order valence-electron chi connectivity index (χ2n) is 5.51. The Morgan fingerprint density at radius 1 is 1.45 bits per heavy atom. The van der Waals surface area contributed by atoms with Crippen molar-refractivity contribution in [1.82, 2.24) is 14.7 Å². The van der Waals surface area contributed by atoms with Crippen LogP contribution in [0.15, 0.2) is 29.1 Å². The predicted octanol–water partition coefficient (Wildman–Crippen LogP) is 0.933. The summed E-state index contributed by atoms with van der Waals surface area (Å²) in [6.45, 7) is 1.94. The molecule has 1 fully saturated rings. The second-order valence-corrected chi connectivity index (χ2v) is 7.74. The lowest BCUT2D eigenvalue weighted by molar-refractivity contribution is 0.0663. The van der Waals surface area contributed by atoms with Gasteiger partial charge in [-0.25, -0.2) is 8.42 Å². The van der Waals surface area contributed by atoms with E-state index in [0.29, 0.717) is 5.56 Å². The van der Waals surface area contributed by atoms with Gasteiger partial charge in [0, 0.05) is 30.9 Å². The van der Waals surface area contributed by atoms with Crippen molar-refractivity contribution in [1.29, 1.82) is 0 Å². The average Bonchev–Trinajstić information content (AvgIpc) is 3.06. The van der Waals surface area contributed by atoms with Crippen LogP contribution in [0.3, 0.4) is 0 Å². The molecule has 1 atom stereocenters. The molecule has 0 bridgehead atoms. The number of rotatable bonds is 2. The normalized spacial score (nSPS) is 21.0. The van der Waals surface area contributed by atoms with Crippen molar-refractivity contribution in [2.45, 2.75) is 13.0 Å². The van der Waals surface area contributed by atoms with Crippen LogP contribution in [0.5, 0.6) is 0 Å². The molecule has 0 spiro atoms. The minimum absolute atomic E-state index is 0.0325. The van der Waals surface area contributed by atoms with Crippen LogP contribution >= 0.6 is 0 Å². The van der Waals surface area contributed by atoms with Crippen LogP contribution in [-0.4, -0.2) is 47.1 Å². The Hall–Kier alpha value is -2.09. The number of sulfone groups is 1. The Balaban J connectivity index is 1.97. The van der Waals surface area contributed by atoms with Gasteiger partial charge in [0.1, 0.15) is 0 Å². The highest BCUT2D eigenvalue weighted by molar-refractivity contribution is 7.91. The lowest BCUT2D eigenvalue weighted by Crippen LogP contribution is -2.46. The van der Waals surface area contributed by atoms with Crippen LogP contribution in [0.1, 0.15) is 27.7 Å². The van der Waals surface area contributed by atoms with E-state index < -0.39 is 15.9 Å². The number of nitrogens with zero attached hydrogens (tertiary/aromatic N) is 3. The summed E-state index contributed by atoms with van der Waals surface area (Å²) in [5.41, 5.74) is 1.45. The molecule has 0 unspecified atom stereocenters. The monoisotopic (exact) mass is 323 g/mol. The van der Waals surface area contributed by atoms with Crippen LogP contribution < -0.4 is 0 Å². The Morgan fingerprint density at radius 3 is 2.82 bits per heavy atom. The van der Waals surface area contributed by atoms with E-state index >= 15 is 0 Å². The van der Waals surface area contributed by atoms with Gasteiger partial charge in [0.2, 0.25) is 0 Å². The van der Waals surface area contributed by atoms with Gasteiger partial charge in [-0.05, 0) is 13.0 Å². The van der Waals surface area contributed by atoms with Gasteiger partial charge in [-0.3, -0.25) is 9.48 Å². The molecule has 1 saturated heterocycles. The summed E-state index contributed by atoms with van der Waals surface area (Å²) in [5.74, 6) is -0.154. The first-order chi connectivity index (χ1) is 10.4. The van der Waals surface area contributed by atoms with Gasteiger partial charge >= 0.3 is 0 Å². The summed E-state index contributed by atoms with van der Waals surface area (Å²) in [4.78, 5) is 14.3. The van der Waals surface area contributed by atoms with E-state index in [9.17, 15) is 13.2 Å². The second kappa shape index (κ2) is 5.28. The van der Waals surface area contributed by atoms with Crippen molar-refractivity contribution in [3.05, 3.63) is 41.6 Å². The zero-order valence-electron chi connectivity index (χ0n) is 12.4. The van der Waals surface area contributed by atoms with Crippen molar-refractivity contribution in [3.8, 4) is 0 Å². The Kier molecular flexibility index (Phi) is 3.56. The van der Waals surface area contributed by atoms with Crippen molar-refractivity contribution in [2.24, 2.45) is 7.05 Å². The van der Waals surface area contributed by atoms with Gasteiger partial charge in [0.25, 0.3) is 5.91 Å². The molecule has 2 aromatic rings. The number of aryl methyl sites for hydroxylation is 2. The SMILES string of the molecule is Cc1ccoc1C(=O)N1CCS(=O)(=O)C[C@@H]1c1cnn(C)c1. The quantitative estimate of drug-likeness (QED) is 0.821. The molecule has 22 heavy (non-hydrogen) atoms. The molecule has 118 valence electrons. The molecular formula is C14H17N3O4S. The molecule has 0 saturated carbocycles. The fraction of sp³-hybridized carbons (Fsp3) is 0.429. The molecule has 1 aliphatic heterocycles. The molecule has 2 aromatic heterocycles. The van der Waals surface area contributed by atoms with Crippen LogP contribution in [-0.2, 0) is 16.9 Å². The van der Waals surface area contributed by atoms with E-state index in [0.717, 1.165) is 5.56 Å². The predicted molar refractivity (Wildman–Crippen MR) is 79.1 cm³/mol. The molecular weight excluding hydrogens is 306 g/mol. The zero-order chi connectivity index (χ0) is 15.9. The Morgan fingerprint density at radius 2 is 2.23 bits per heavy atom. The van der Waals surface area contributed by atoms with E-state index in [1.54, 1.807) is 42.0 Å². The Bertz CT molecular complexity index is 806. The molecule has 3 heterocycles. The first kappa shape index (κ1) is 14.8. The van der Waals surface area contributed by atoms with Gasteiger partial charge < -0.3 is 9.32 Å². The number of amides is 1.